The van der Waals surface area contributed by atoms with Gasteiger partial charge in [-0.25, -0.2) is 9.37 Å². The Bertz CT molecular complexity index is 1310. The third-order valence-electron chi connectivity index (χ3n) is 5.51. The van der Waals surface area contributed by atoms with E-state index in [-0.39, 0.29) is 11.6 Å². The molecular formula is C23H24FN7O2. The first-order valence-electron chi connectivity index (χ1n) is 10.9. The summed E-state index contributed by atoms with van der Waals surface area (Å²) in [6, 6.07) is 8.18. The molecule has 1 N–H and O–H groups in total. The van der Waals surface area contributed by atoms with E-state index in [2.05, 4.69) is 25.6 Å². The summed E-state index contributed by atoms with van der Waals surface area (Å²) < 4.78 is 24.0. The fraction of sp³-hybridized carbons (Fsp3) is 0.348. The SMILES string of the molecule is CC(C)n1cnnc1-c1cccc(NC(=O)c2cc3c(cnn3CCOC3CC3)cc2F)n1. The fourth-order valence-corrected chi connectivity index (χ4v) is 3.61. The van der Waals surface area contributed by atoms with Gasteiger partial charge >= 0.3 is 0 Å². The highest BCUT2D eigenvalue weighted by atomic mass is 19.1. The van der Waals surface area contributed by atoms with Crippen molar-refractivity contribution in [3.8, 4) is 11.5 Å². The number of pyridine rings is 1. The number of nitrogens with zero attached hydrogens (tertiary/aromatic N) is 6. The lowest BCUT2D eigenvalue weighted by Gasteiger charge is -2.11. The zero-order valence-electron chi connectivity index (χ0n) is 18.4. The third kappa shape index (κ3) is 4.47. The quantitative estimate of drug-likeness (QED) is 0.439. The van der Waals surface area contributed by atoms with Crippen LogP contribution in [0.2, 0.25) is 0 Å². The van der Waals surface area contributed by atoms with E-state index in [0.29, 0.717) is 47.5 Å². The Labute approximate surface area is 189 Å². The Morgan fingerprint density at radius 3 is 2.94 bits per heavy atom. The van der Waals surface area contributed by atoms with E-state index in [4.69, 9.17) is 4.74 Å². The van der Waals surface area contributed by atoms with Gasteiger partial charge in [0.1, 0.15) is 23.7 Å². The number of fused-ring (bicyclic) bond motifs is 1. The smallest absolute Gasteiger partial charge is 0.259 e. The van der Waals surface area contributed by atoms with Crippen LogP contribution in [-0.2, 0) is 11.3 Å². The number of hydrogen-bond donors (Lipinski definition) is 1. The van der Waals surface area contributed by atoms with Gasteiger partial charge in [0.2, 0.25) is 0 Å². The molecule has 33 heavy (non-hydrogen) atoms. The Hall–Kier alpha value is -3.66. The molecule has 0 radical (unpaired) electrons. The predicted molar refractivity (Wildman–Crippen MR) is 120 cm³/mol. The van der Waals surface area contributed by atoms with Crippen molar-refractivity contribution in [1.29, 1.82) is 0 Å². The van der Waals surface area contributed by atoms with Crippen LogP contribution >= 0.6 is 0 Å². The molecule has 170 valence electrons. The molecule has 3 aromatic heterocycles. The van der Waals surface area contributed by atoms with Gasteiger partial charge in [-0.15, -0.1) is 10.2 Å². The van der Waals surface area contributed by atoms with E-state index in [0.717, 1.165) is 12.8 Å². The lowest BCUT2D eigenvalue weighted by molar-refractivity contribution is 0.102. The molecule has 4 aromatic rings. The van der Waals surface area contributed by atoms with E-state index < -0.39 is 11.7 Å². The summed E-state index contributed by atoms with van der Waals surface area (Å²) in [5.74, 6) is -0.330. The number of aromatic nitrogens is 6. The fourth-order valence-electron chi connectivity index (χ4n) is 3.61. The van der Waals surface area contributed by atoms with Gasteiger partial charge in [-0.3, -0.25) is 9.48 Å². The highest BCUT2D eigenvalue weighted by Crippen LogP contribution is 2.24. The molecule has 10 heteroatoms. The molecule has 1 saturated carbocycles. The number of halogens is 1. The Balaban J connectivity index is 1.37. The van der Waals surface area contributed by atoms with Crippen molar-refractivity contribution in [2.24, 2.45) is 0 Å². The minimum Gasteiger partial charge on any atom is -0.376 e. The summed E-state index contributed by atoms with van der Waals surface area (Å²) in [4.78, 5) is 17.4. The molecular weight excluding hydrogens is 425 g/mol. The maximum absolute atomic E-state index is 14.7. The minimum absolute atomic E-state index is 0.0788. The summed E-state index contributed by atoms with van der Waals surface area (Å²) in [6.07, 6.45) is 5.77. The van der Waals surface area contributed by atoms with Gasteiger partial charge in [-0.05, 0) is 51.0 Å². The lowest BCUT2D eigenvalue weighted by atomic mass is 10.1. The molecule has 0 bridgehead atoms. The van der Waals surface area contributed by atoms with Gasteiger partial charge in [-0.2, -0.15) is 5.10 Å². The summed E-state index contributed by atoms with van der Waals surface area (Å²) >= 11 is 0. The van der Waals surface area contributed by atoms with Crippen LogP contribution in [0.4, 0.5) is 10.2 Å². The number of hydrogen-bond acceptors (Lipinski definition) is 6. The van der Waals surface area contributed by atoms with Gasteiger partial charge < -0.3 is 14.6 Å². The molecule has 0 saturated heterocycles. The molecule has 1 aliphatic carbocycles. The monoisotopic (exact) mass is 449 g/mol. The van der Waals surface area contributed by atoms with Crippen molar-refractivity contribution in [2.75, 3.05) is 11.9 Å². The normalized spacial score (nSPS) is 13.7. The zero-order valence-corrected chi connectivity index (χ0v) is 18.4. The highest BCUT2D eigenvalue weighted by molar-refractivity contribution is 6.06. The second-order valence-corrected chi connectivity index (χ2v) is 8.35. The first kappa shape index (κ1) is 21.2. The molecule has 5 rings (SSSR count). The summed E-state index contributed by atoms with van der Waals surface area (Å²) in [5, 5.41) is 15.7. The lowest BCUT2D eigenvalue weighted by Crippen LogP contribution is -2.15. The van der Waals surface area contributed by atoms with Crippen LogP contribution in [-0.4, -0.2) is 48.1 Å². The predicted octanol–water partition coefficient (Wildman–Crippen LogP) is 3.84. The standard InChI is InChI=1S/C23H24FN7O2/c1-14(2)30-13-25-29-22(30)19-4-3-5-21(27-19)28-23(32)17-11-20-15(10-18(17)24)12-26-31(20)8-9-33-16-6-7-16/h3-5,10-14,16H,6-9H2,1-2H3,(H,27,28,32). The summed E-state index contributed by atoms with van der Waals surface area (Å²) in [7, 11) is 0. The molecule has 3 heterocycles. The molecule has 0 aliphatic heterocycles. The summed E-state index contributed by atoms with van der Waals surface area (Å²) in [5.41, 5.74) is 1.15. The average Bonchev–Trinajstić information content (AvgIpc) is 3.33. The van der Waals surface area contributed by atoms with E-state index in [1.165, 1.54) is 12.1 Å². The molecule has 0 unspecified atom stereocenters. The van der Waals surface area contributed by atoms with Crippen LogP contribution in [0.3, 0.4) is 0 Å². The Morgan fingerprint density at radius 2 is 2.15 bits per heavy atom. The minimum atomic E-state index is -0.621. The number of rotatable bonds is 8. The number of carbonyl (C=O) groups is 1. The molecule has 1 fully saturated rings. The topological polar surface area (TPSA) is 99.8 Å². The van der Waals surface area contributed by atoms with E-state index in [1.807, 2.05) is 18.4 Å². The zero-order chi connectivity index (χ0) is 22.9. The number of ether oxygens (including phenoxy) is 1. The van der Waals surface area contributed by atoms with Gasteiger partial charge in [0.25, 0.3) is 5.91 Å². The van der Waals surface area contributed by atoms with Gasteiger partial charge in [-0.1, -0.05) is 6.07 Å². The van der Waals surface area contributed by atoms with Crippen LogP contribution < -0.4 is 5.32 Å². The molecule has 0 spiro atoms. The molecule has 9 nitrogen and oxygen atoms in total. The molecule has 1 amide bonds. The number of anilines is 1. The van der Waals surface area contributed by atoms with Crippen LogP contribution in [0.1, 0.15) is 43.1 Å². The highest BCUT2D eigenvalue weighted by Gasteiger charge is 2.22. The summed E-state index contributed by atoms with van der Waals surface area (Å²) in [6.45, 7) is 5.09. The largest absolute Gasteiger partial charge is 0.376 e. The Kier molecular flexibility index (Phi) is 5.59. The van der Waals surface area contributed by atoms with Crippen molar-refractivity contribution in [1.82, 2.24) is 29.5 Å². The maximum Gasteiger partial charge on any atom is 0.259 e. The first-order valence-corrected chi connectivity index (χ1v) is 10.9. The van der Waals surface area contributed by atoms with Gasteiger partial charge in [0.15, 0.2) is 5.82 Å². The van der Waals surface area contributed by atoms with Gasteiger partial charge in [0, 0.05) is 11.4 Å². The number of carbonyl (C=O) groups excluding carboxylic acids is 1. The van der Waals surface area contributed by atoms with Crippen molar-refractivity contribution in [2.45, 2.75) is 45.4 Å². The first-order chi connectivity index (χ1) is 16.0. The third-order valence-corrected chi connectivity index (χ3v) is 5.51. The van der Waals surface area contributed by atoms with Crippen LogP contribution in [0.5, 0.6) is 0 Å². The number of nitrogens with one attached hydrogen (secondary N) is 1. The van der Waals surface area contributed by atoms with Crippen LogP contribution in [0.15, 0.2) is 42.9 Å². The molecule has 0 atom stereocenters. The maximum atomic E-state index is 14.7. The second-order valence-electron chi connectivity index (χ2n) is 8.35. The van der Waals surface area contributed by atoms with Crippen LogP contribution in [0, 0.1) is 5.82 Å². The van der Waals surface area contributed by atoms with Crippen molar-refractivity contribution >= 4 is 22.6 Å². The number of amides is 1. The number of benzene rings is 1. The van der Waals surface area contributed by atoms with Crippen LogP contribution in [0.25, 0.3) is 22.4 Å². The average molecular weight is 449 g/mol. The molecule has 1 aliphatic rings. The van der Waals surface area contributed by atoms with Gasteiger partial charge in [0.05, 0.1) is 36.5 Å². The van der Waals surface area contributed by atoms with E-state index in [1.54, 1.807) is 35.4 Å². The second kappa shape index (κ2) is 8.70. The molecule has 1 aromatic carbocycles. The van der Waals surface area contributed by atoms with Crippen molar-refractivity contribution < 1.29 is 13.9 Å². The van der Waals surface area contributed by atoms with E-state index >= 15 is 0 Å². The Morgan fingerprint density at radius 1 is 1.30 bits per heavy atom. The van der Waals surface area contributed by atoms with Crippen molar-refractivity contribution in [3.63, 3.8) is 0 Å². The van der Waals surface area contributed by atoms with E-state index in [9.17, 15) is 9.18 Å². The van der Waals surface area contributed by atoms with Crippen molar-refractivity contribution in [3.05, 3.63) is 54.2 Å².